The Labute approximate surface area is 124 Å². The van der Waals surface area contributed by atoms with E-state index in [1.807, 2.05) is 0 Å². The summed E-state index contributed by atoms with van der Waals surface area (Å²) in [6, 6.07) is 5.61. The number of carbonyl (C=O) groups excluding carboxylic acids is 2. The minimum absolute atomic E-state index is 0.0543. The van der Waals surface area contributed by atoms with E-state index in [1.165, 1.54) is 24.3 Å². The summed E-state index contributed by atoms with van der Waals surface area (Å²) in [5.41, 5.74) is 0.743. The van der Waals surface area contributed by atoms with E-state index in [0.717, 1.165) is 10.5 Å². The minimum atomic E-state index is -4.48. The van der Waals surface area contributed by atoms with Crippen LogP contribution in [0.25, 0.3) is 0 Å². The highest BCUT2D eigenvalue weighted by Crippen LogP contribution is 2.20. The first-order valence-corrected chi connectivity index (χ1v) is 6.61. The minimum Gasteiger partial charge on any atom is -0.316 e. The summed E-state index contributed by atoms with van der Waals surface area (Å²) in [4.78, 5) is 25.1. The molecule has 0 spiro atoms. The zero-order valence-electron chi connectivity index (χ0n) is 11.6. The smallest absolute Gasteiger partial charge is 0.316 e. The summed E-state index contributed by atoms with van der Waals surface area (Å²) < 4.78 is 49.6. The van der Waals surface area contributed by atoms with Gasteiger partial charge in [0.05, 0.1) is 6.67 Å². The van der Waals surface area contributed by atoms with Gasteiger partial charge in [-0.3, -0.25) is 9.59 Å². The van der Waals surface area contributed by atoms with Crippen LogP contribution in [0.2, 0.25) is 0 Å². The number of nitrogens with zero attached hydrogens (tertiary/aromatic N) is 2. The van der Waals surface area contributed by atoms with Crippen LogP contribution in [-0.2, 0) is 16.0 Å². The second-order valence-corrected chi connectivity index (χ2v) is 5.07. The molecule has 0 aromatic heterocycles. The lowest BCUT2D eigenvalue weighted by molar-refractivity contribution is -0.157. The number of halogens is 4. The molecule has 1 heterocycles. The maximum atomic E-state index is 12.7. The Morgan fingerprint density at radius 3 is 2.41 bits per heavy atom. The molecule has 0 radical (unpaired) electrons. The molecule has 1 fully saturated rings. The van der Waals surface area contributed by atoms with Crippen LogP contribution >= 0.6 is 0 Å². The van der Waals surface area contributed by atoms with Crippen molar-refractivity contribution in [1.29, 1.82) is 0 Å². The average Bonchev–Trinajstić information content (AvgIpc) is 2.77. The van der Waals surface area contributed by atoms with E-state index in [1.54, 1.807) is 0 Å². The zero-order valence-corrected chi connectivity index (χ0v) is 11.6. The first kappa shape index (κ1) is 16.3. The molecule has 0 bridgehead atoms. The standard InChI is InChI=1S/C14H14F4N2O2/c15-11-4-1-10(2-5-11)3-6-12(21)19-7-13(22)20(9-19)8-14(16,17)18/h1-2,4-5H,3,6-9H2. The van der Waals surface area contributed by atoms with Gasteiger partial charge >= 0.3 is 6.18 Å². The maximum absolute atomic E-state index is 12.7. The van der Waals surface area contributed by atoms with Gasteiger partial charge in [0.1, 0.15) is 18.9 Å². The summed E-state index contributed by atoms with van der Waals surface area (Å²) >= 11 is 0. The third kappa shape index (κ3) is 4.44. The van der Waals surface area contributed by atoms with Gasteiger partial charge in [0, 0.05) is 6.42 Å². The van der Waals surface area contributed by atoms with Gasteiger partial charge in [0.2, 0.25) is 11.8 Å². The molecule has 0 N–H and O–H groups in total. The largest absolute Gasteiger partial charge is 0.406 e. The maximum Gasteiger partial charge on any atom is 0.406 e. The van der Waals surface area contributed by atoms with Crippen LogP contribution in [0.4, 0.5) is 17.6 Å². The van der Waals surface area contributed by atoms with Gasteiger partial charge in [0.15, 0.2) is 0 Å². The van der Waals surface area contributed by atoms with E-state index >= 15 is 0 Å². The highest BCUT2D eigenvalue weighted by Gasteiger charge is 2.38. The summed E-state index contributed by atoms with van der Waals surface area (Å²) in [6.45, 7) is -2.04. The van der Waals surface area contributed by atoms with Crippen molar-refractivity contribution in [3.8, 4) is 0 Å². The lowest BCUT2D eigenvalue weighted by Gasteiger charge is -2.19. The molecular weight excluding hydrogens is 304 g/mol. The Morgan fingerprint density at radius 2 is 1.82 bits per heavy atom. The number of aryl methyl sites for hydroxylation is 1. The molecule has 1 aliphatic rings. The van der Waals surface area contributed by atoms with Gasteiger partial charge in [-0.1, -0.05) is 12.1 Å². The summed E-state index contributed by atoms with van der Waals surface area (Å²) in [5.74, 6) is -1.50. The molecule has 2 rings (SSSR count). The predicted molar refractivity (Wildman–Crippen MR) is 69.1 cm³/mol. The number of alkyl halides is 3. The van der Waals surface area contributed by atoms with E-state index < -0.39 is 24.5 Å². The Balaban J connectivity index is 1.86. The molecule has 0 atom stereocenters. The van der Waals surface area contributed by atoms with Crippen molar-refractivity contribution in [3.63, 3.8) is 0 Å². The topological polar surface area (TPSA) is 40.6 Å². The van der Waals surface area contributed by atoms with Crippen molar-refractivity contribution in [3.05, 3.63) is 35.6 Å². The van der Waals surface area contributed by atoms with Gasteiger partial charge in [0.25, 0.3) is 0 Å². The van der Waals surface area contributed by atoms with Gasteiger partial charge in [-0.25, -0.2) is 4.39 Å². The number of amides is 2. The highest BCUT2D eigenvalue weighted by atomic mass is 19.4. The molecule has 0 saturated carbocycles. The summed E-state index contributed by atoms with van der Waals surface area (Å²) in [6.07, 6.45) is -4.09. The zero-order chi connectivity index (χ0) is 16.3. The molecule has 2 amide bonds. The molecule has 1 aromatic rings. The third-order valence-corrected chi connectivity index (χ3v) is 3.28. The van der Waals surface area contributed by atoms with Gasteiger partial charge in [-0.2, -0.15) is 13.2 Å². The number of carbonyl (C=O) groups is 2. The van der Waals surface area contributed by atoms with Crippen LogP contribution in [0, 0.1) is 5.82 Å². The number of rotatable bonds is 4. The van der Waals surface area contributed by atoms with Gasteiger partial charge < -0.3 is 9.80 Å². The van der Waals surface area contributed by atoms with E-state index in [-0.39, 0.29) is 25.5 Å². The second kappa shape index (κ2) is 6.33. The van der Waals surface area contributed by atoms with Crippen LogP contribution < -0.4 is 0 Å². The molecule has 0 aliphatic carbocycles. The van der Waals surface area contributed by atoms with Crippen LogP contribution in [0.3, 0.4) is 0 Å². The molecule has 120 valence electrons. The fraction of sp³-hybridized carbons (Fsp3) is 0.429. The fourth-order valence-corrected chi connectivity index (χ4v) is 2.18. The first-order valence-electron chi connectivity index (χ1n) is 6.61. The fourth-order valence-electron chi connectivity index (χ4n) is 2.18. The first-order chi connectivity index (χ1) is 10.2. The molecule has 8 heteroatoms. The lowest BCUT2D eigenvalue weighted by atomic mass is 10.1. The lowest BCUT2D eigenvalue weighted by Crippen LogP contribution is -2.37. The van der Waals surface area contributed by atoms with E-state index in [4.69, 9.17) is 0 Å². The number of hydrogen-bond acceptors (Lipinski definition) is 2. The van der Waals surface area contributed by atoms with Crippen LogP contribution in [0.5, 0.6) is 0 Å². The van der Waals surface area contributed by atoms with E-state index in [2.05, 4.69) is 0 Å². The number of benzene rings is 1. The van der Waals surface area contributed by atoms with Gasteiger partial charge in [-0.05, 0) is 24.1 Å². The van der Waals surface area contributed by atoms with E-state index in [9.17, 15) is 27.2 Å². The van der Waals surface area contributed by atoms with Crippen molar-refractivity contribution < 1.29 is 27.2 Å². The second-order valence-electron chi connectivity index (χ2n) is 5.07. The molecule has 4 nitrogen and oxygen atoms in total. The molecular formula is C14H14F4N2O2. The highest BCUT2D eigenvalue weighted by molar-refractivity contribution is 5.87. The molecule has 0 unspecified atom stereocenters. The predicted octanol–water partition coefficient (Wildman–Crippen LogP) is 1.95. The number of hydrogen-bond donors (Lipinski definition) is 0. The van der Waals surface area contributed by atoms with Crippen LogP contribution in [0.1, 0.15) is 12.0 Å². The van der Waals surface area contributed by atoms with Crippen molar-refractivity contribution in [2.24, 2.45) is 0 Å². The Hall–Kier alpha value is -2.12. The normalized spacial score (nSPS) is 15.5. The quantitative estimate of drug-likeness (QED) is 0.796. The summed E-state index contributed by atoms with van der Waals surface area (Å²) in [7, 11) is 0. The molecule has 1 aromatic carbocycles. The van der Waals surface area contributed by atoms with Crippen molar-refractivity contribution >= 4 is 11.8 Å². The van der Waals surface area contributed by atoms with E-state index in [0.29, 0.717) is 11.3 Å². The molecule has 22 heavy (non-hydrogen) atoms. The average molecular weight is 318 g/mol. The molecule has 1 saturated heterocycles. The third-order valence-electron chi connectivity index (χ3n) is 3.28. The van der Waals surface area contributed by atoms with Gasteiger partial charge in [-0.15, -0.1) is 0 Å². The monoisotopic (exact) mass is 318 g/mol. The van der Waals surface area contributed by atoms with Crippen molar-refractivity contribution in [2.75, 3.05) is 19.8 Å². The summed E-state index contributed by atoms with van der Waals surface area (Å²) in [5, 5.41) is 0. The Kier molecular flexibility index (Phi) is 4.68. The Bertz CT molecular complexity index is 557. The molecule has 1 aliphatic heterocycles. The SMILES string of the molecule is O=C(CCc1ccc(F)cc1)N1CC(=O)N(CC(F)(F)F)C1. The Morgan fingerprint density at radius 1 is 1.18 bits per heavy atom. The van der Waals surface area contributed by atoms with Crippen LogP contribution in [0.15, 0.2) is 24.3 Å². The van der Waals surface area contributed by atoms with Crippen LogP contribution in [-0.4, -0.2) is 47.5 Å². The van der Waals surface area contributed by atoms with Crippen molar-refractivity contribution in [2.45, 2.75) is 19.0 Å². The van der Waals surface area contributed by atoms with Crippen molar-refractivity contribution in [1.82, 2.24) is 9.80 Å².